The number of fused-ring (bicyclic) bond motifs is 1. The van der Waals surface area contributed by atoms with Gasteiger partial charge in [0.05, 0.1) is 11.2 Å². The summed E-state index contributed by atoms with van der Waals surface area (Å²) in [5, 5.41) is 9.53. The zero-order valence-electron chi connectivity index (χ0n) is 8.64. The van der Waals surface area contributed by atoms with E-state index in [4.69, 9.17) is 23.2 Å². The second kappa shape index (κ2) is 4.02. The van der Waals surface area contributed by atoms with Crippen LogP contribution in [0, 0.1) is 0 Å². The standard InChI is InChI=1S/C12H7Cl2N3/c13-8-1-4-10(5-2-8)17-12-7-9(14)3-6-11(12)15-16-17/h1-7H. The van der Waals surface area contributed by atoms with Gasteiger partial charge >= 0.3 is 0 Å². The highest BCUT2D eigenvalue weighted by Crippen LogP contribution is 2.21. The lowest BCUT2D eigenvalue weighted by Gasteiger charge is -2.02. The smallest absolute Gasteiger partial charge is 0.113 e. The van der Waals surface area contributed by atoms with Crippen LogP contribution >= 0.6 is 23.2 Å². The molecule has 0 spiro atoms. The normalized spacial score (nSPS) is 10.9. The maximum absolute atomic E-state index is 5.97. The Labute approximate surface area is 108 Å². The van der Waals surface area contributed by atoms with E-state index in [0.717, 1.165) is 16.7 Å². The van der Waals surface area contributed by atoms with E-state index in [2.05, 4.69) is 10.3 Å². The molecule has 0 amide bonds. The maximum Gasteiger partial charge on any atom is 0.113 e. The van der Waals surface area contributed by atoms with Crippen LogP contribution in [0.5, 0.6) is 0 Å². The summed E-state index contributed by atoms with van der Waals surface area (Å²) < 4.78 is 1.73. The van der Waals surface area contributed by atoms with Crippen molar-refractivity contribution in [1.29, 1.82) is 0 Å². The van der Waals surface area contributed by atoms with Gasteiger partial charge in [0.25, 0.3) is 0 Å². The second-order valence-electron chi connectivity index (χ2n) is 3.61. The Bertz CT molecular complexity index is 674. The van der Waals surface area contributed by atoms with Gasteiger partial charge in [-0.15, -0.1) is 5.10 Å². The molecule has 3 aromatic rings. The molecule has 84 valence electrons. The van der Waals surface area contributed by atoms with Crippen LogP contribution in [0.2, 0.25) is 10.0 Å². The third-order valence-corrected chi connectivity index (χ3v) is 2.97. The summed E-state index contributed by atoms with van der Waals surface area (Å²) in [5.41, 5.74) is 2.59. The first kappa shape index (κ1) is 10.6. The van der Waals surface area contributed by atoms with Gasteiger partial charge in [0.2, 0.25) is 0 Å². The first-order valence-corrected chi connectivity index (χ1v) is 5.76. The van der Waals surface area contributed by atoms with Gasteiger partial charge in [0.15, 0.2) is 0 Å². The van der Waals surface area contributed by atoms with Crippen molar-refractivity contribution < 1.29 is 0 Å². The van der Waals surface area contributed by atoms with E-state index in [1.807, 2.05) is 36.4 Å². The van der Waals surface area contributed by atoms with Crippen LogP contribution in [-0.2, 0) is 0 Å². The molecule has 0 fully saturated rings. The Morgan fingerprint density at radius 2 is 1.59 bits per heavy atom. The minimum atomic E-state index is 0.662. The molecule has 3 nitrogen and oxygen atoms in total. The van der Waals surface area contributed by atoms with Gasteiger partial charge in [-0.3, -0.25) is 0 Å². The third kappa shape index (κ3) is 1.88. The topological polar surface area (TPSA) is 30.7 Å². The average Bonchev–Trinajstić information content (AvgIpc) is 2.73. The zero-order valence-corrected chi connectivity index (χ0v) is 10.2. The van der Waals surface area contributed by atoms with Crippen LogP contribution in [-0.4, -0.2) is 15.0 Å². The molecule has 0 bridgehead atoms. The van der Waals surface area contributed by atoms with Crippen LogP contribution in [0.4, 0.5) is 0 Å². The number of nitrogens with zero attached hydrogens (tertiary/aromatic N) is 3. The monoisotopic (exact) mass is 263 g/mol. The highest BCUT2D eigenvalue weighted by molar-refractivity contribution is 6.31. The van der Waals surface area contributed by atoms with Crippen molar-refractivity contribution in [3.8, 4) is 5.69 Å². The zero-order chi connectivity index (χ0) is 11.8. The molecule has 0 saturated carbocycles. The number of hydrogen-bond donors (Lipinski definition) is 0. The number of halogens is 2. The Morgan fingerprint density at radius 3 is 2.35 bits per heavy atom. The van der Waals surface area contributed by atoms with Crippen molar-refractivity contribution >= 4 is 34.2 Å². The van der Waals surface area contributed by atoms with E-state index in [1.54, 1.807) is 10.7 Å². The highest BCUT2D eigenvalue weighted by atomic mass is 35.5. The molecular weight excluding hydrogens is 257 g/mol. The summed E-state index contributed by atoms with van der Waals surface area (Å²) in [6, 6.07) is 12.9. The SMILES string of the molecule is Clc1ccc(-n2nnc3ccc(Cl)cc32)cc1. The average molecular weight is 264 g/mol. The predicted octanol–water partition coefficient (Wildman–Crippen LogP) is 3.73. The molecule has 0 aliphatic rings. The third-order valence-electron chi connectivity index (χ3n) is 2.48. The molecule has 5 heteroatoms. The van der Waals surface area contributed by atoms with E-state index in [1.165, 1.54) is 0 Å². The molecule has 0 N–H and O–H groups in total. The fourth-order valence-corrected chi connectivity index (χ4v) is 1.96. The van der Waals surface area contributed by atoms with Gasteiger partial charge in [-0.05, 0) is 42.5 Å². The molecule has 0 aliphatic carbocycles. The molecule has 0 unspecified atom stereocenters. The number of hydrogen-bond acceptors (Lipinski definition) is 2. The molecule has 2 aromatic carbocycles. The van der Waals surface area contributed by atoms with Gasteiger partial charge in [-0.2, -0.15) is 0 Å². The summed E-state index contributed by atoms with van der Waals surface area (Å²) >= 11 is 11.8. The second-order valence-corrected chi connectivity index (χ2v) is 4.48. The summed E-state index contributed by atoms with van der Waals surface area (Å²) in [6.45, 7) is 0. The van der Waals surface area contributed by atoms with Crippen molar-refractivity contribution in [2.45, 2.75) is 0 Å². The number of aromatic nitrogens is 3. The molecule has 0 saturated heterocycles. The first-order chi connectivity index (χ1) is 8.24. The lowest BCUT2D eigenvalue weighted by atomic mass is 10.3. The molecule has 1 aromatic heterocycles. The van der Waals surface area contributed by atoms with Gasteiger partial charge < -0.3 is 0 Å². The molecule has 0 aliphatic heterocycles. The maximum atomic E-state index is 5.97. The van der Waals surface area contributed by atoms with Crippen LogP contribution < -0.4 is 0 Å². The highest BCUT2D eigenvalue weighted by Gasteiger charge is 2.06. The summed E-state index contributed by atoms with van der Waals surface area (Å²) in [5.74, 6) is 0. The molecular formula is C12H7Cl2N3. The number of rotatable bonds is 1. The van der Waals surface area contributed by atoms with Crippen molar-refractivity contribution in [3.63, 3.8) is 0 Å². The fourth-order valence-electron chi connectivity index (χ4n) is 1.66. The molecule has 0 radical (unpaired) electrons. The largest absolute Gasteiger partial charge is 0.213 e. The van der Waals surface area contributed by atoms with Gasteiger partial charge in [-0.25, -0.2) is 4.68 Å². The minimum absolute atomic E-state index is 0.662. The summed E-state index contributed by atoms with van der Waals surface area (Å²) in [6.07, 6.45) is 0. The van der Waals surface area contributed by atoms with Crippen LogP contribution in [0.1, 0.15) is 0 Å². The predicted molar refractivity (Wildman–Crippen MR) is 68.9 cm³/mol. The quantitative estimate of drug-likeness (QED) is 0.670. The fraction of sp³-hybridized carbons (Fsp3) is 0. The molecule has 0 atom stereocenters. The molecule has 17 heavy (non-hydrogen) atoms. The summed E-state index contributed by atoms with van der Waals surface area (Å²) in [7, 11) is 0. The van der Waals surface area contributed by atoms with E-state index in [0.29, 0.717) is 10.0 Å². The lowest BCUT2D eigenvalue weighted by molar-refractivity contribution is 0.824. The van der Waals surface area contributed by atoms with E-state index < -0.39 is 0 Å². The van der Waals surface area contributed by atoms with Crippen molar-refractivity contribution in [2.75, 3.05) is 0 Å². The minimum Gasteiger partial charge on any atom is -0.213 e. The van der Waals surface area contributed by atoms with Crippen LogP contribution in [0.25, 0.3) is 16.7 Å². The van der Waals surface area contributed by atoms with E-state index >= 15 is 0 Å². The molecule has 1 heterocycles. The molecule has 3 rings (SSSR count). The Balaban J connectivity index is 2.23. The Kier molecular flexibility index (Phi) is 2.50. The van der Waals surface area contributed by atoms with Gasteiger partial charge in [-0.1, -0.05) is 28.4 Å². The van der Waals surface area contributed by atoms with Gasteiger partial charge in [0.1, 0.15) is 5.52 Å². The van der Waals surface area contributed by atoms with Gasteiger partial charge in [0, 0.05) is 10.0 Å². The van der Waals surface area contributed by atoms with Crippen LogP contribution in [0.3, 0.4) is 0 Å². The number of benzene rings is 2. The van der Waals surface area contributed by atoms with Crippen LogP contribution in [0.15, 0.2) is 42.5 Å². The van der Waals surface area contributed by atoms with Crippen molar-refractivity contribution in [2.24, 2.45) is 0 Å². The van der Waals surface area contributed by atoms with Crippen molar-refractivity contribution in [3.05, 3.63) is 52.5 Å². The lowest BCUT2D eigenvalue weighted by Crippen LogP contribution is -1.95. The van der Waals surface area contributed by atoms with E-state index in [-0.39, 0.29) is 0 Å². The summed E-state index contributed by atoms with van der Waals surface area (Å²) in [4.78, 5) is 0. The Morgan fingerprint density at radius 1 is 0.882 bits per heavy atom. The Hall–Kier alpha value is -1.58. The van der Waals surface area contributed by atoms with E-state index in [9.17, 15) is 0 Å². The first-order valence-electron chi connectivity index (χ1n) is 5.01. The van der Waals surface area contributed by atoms with Crippen molar-refractivity contribution in [1.82, 2.24) is 15.0 Å².